The fraction of sp³-hybridized carbons (Fsp3) is 0.167. The van der Waals surface area contributed by atoms with Crippen molar-refractivity contribution >= 4 is 29.3 Å². The van der Waals surface area contributed by atoms with Crippen LogP contribution in [0.15, 0.2) is 42.5 Å². The van der Waals surface area contributed by atoms with E-state index in [1.807, 2.05) is 19.1 Å². The first-order valence-electron chi connectivity index (χ1n) is 7.01. The summed E-state index contributed by atoms with van der Waals surface area (Å²) in [5.41, 5.74) is 2.36. The van der Waals surface area contributed by atoms with Gasteiger partial charge < -0.3 is 14.8 Å². The van der Waals surface area contributed by atoms with Crippen molar-refractivity contribution < 1.29 is 14.3 Å². The van der Waals surface area contributed by atoms with E-state index in [2.05, 4.69) is 5.32 Å². The first kappa shape index (κ1) is 16.9. The Bertz CT molecular complexity index is 741. The highest BCUT2D eigenvalue weighted by Gasteiger charge is 2.05. The minimum atomic E-state index is -0.231. The van der Waals surface area contributed by atoms with Crippen LogP contribution in [0, 0.1) is 6.92 Å². The van der Waals surface area contributed by atoms with Gasteiger partial charge in [-0.1, -0.05) is 23.7 Å². The molecule has 0 radical (unpaired) electrons. The van der Waals surface area contributed by atoms with E-state index in [1.54, 1.807) is 44.6 Å². The molecule has 0 spiro atoms. The van der Waals surface area contributed by atoms with E-state index >= 15 is 0 Å². The van der Waals surface area contributed by atoms with E-state index < -0.39 is 0 Å². The molecular weight excluding hydrogens is 314 g/mol. The summed E-state index contributed by atoms with van der Waals surface area (Å²) >= 11 is 6.04. The number of hydrogen-bond donors (Lipinski definition) is 1. The van der Waals surface area contributed by atoms with Crippen LogP contribution >= 0.6 is 11.6 Å². The molecular formula is C18H18ClNO3. The first-order valence-corrected chi connectivity index (χ1v) is 7.39. The fourth-order valence-corrected chi connectivity index (χ4v) is 2.22. The lowest BCUT2D eigenvalue weighted by Gasteiger charge is -2.08. The summed E-state index contributed by atoms with van der Waals surface area (Å²) < 4.78 is 10.4. The number of halogens is 1. The van der Waals surface area contributed by atoms with Crippen molar-refractivity contribution in [1.29, 1.82) is 0 Å². The summed E-state index contributed by atoms with van der Waals surface area (Å²) in [5.74, 6) is 1.02. The summed E-state index contributed by atoms with van der Waals surface area (Å²) in [4.78, 5) is 12.0. The third-order valence-corrected chi connectivity index (χ3v) is 3.77. The Morgan fingerprint density at radius 3 is 2.57 bits per heavy atom. The molecule has 23 heavy (non-hydrogen) atoms. The van der Waals surface area contributed by atoms with Gasteiger partial charge in [0.25, 0.3) is 0 Å². The van der Waals surface area contributed by atoms with Gasteiger partial charge in [0.05, 0.1) is 14.2 Å². The van der Waals surface area contributed by atoms with Crippen LogP contribution in [0.4, 0.5) is 5.69 Å². The highest BCUT2D eigenvalue weighted by atomic mass is 35.5. The normalized spacial score (nSPS) is 10.6. The summed E-state index contributed by atoms with van der Waals surface area (Å²) in [6.45, 7) is 1.86. The Kier molecular flexibility index (Phi) is 5.66. The number of methoxy groups -OCH3 is 2. The molecule has 1 N–H and O–H groups in total. The molecule has 0 saturated heterocycles. The summed E-state index contributed by atoms with van der Waals surface area (Å²) in [5, 5.41) is 3.42. The zero-order chi connectivity index (χ0) is 16.8. The van der Waals surface area contributed by atoms with Crippen LogP contribution in [-0.2, 0) is 4.79 Å². The number of anilines is 1. The molecule has 0 aliphatic carbocycles. The zero-order valence-corrected chi connectivity index (χ0v) is 14.0. The first-order chi connectivity index (χ1) is 11.0. The van der Waals surface area contributed by atoms with E-state index in [0.717, 1.165) is 11.1 Å². The Labute approximate surface area is 140 Å². The van der Waals surface area contributed by atoms with Crippen molar-refractivity contribution in [3.05, 3.63) is 58.6 Å². The molecule has 4 nitrogen and oxygen atoms in total. The maximum Gasteiger partial charge on any atom is 0.248 e. The lowest BCUT2D eigenvalue weighted by molar-refractivity contribution is -0.111. The Morgan fingerprint density at radius 1 is 1.13 bits per heavy atom. The van der Waals surface area contributed by atoms with Crippen LogP contribution in [0.2, 0.25) is 5.02 Å². The monoisotopic (exact) mass is 331 g/mol. The Balaban J connectivity index is 2.10. The van der Waals surface area contributed by atoms with Crippen LogP contribution in [-0.4, -0.2) is 20.1 Å². The molecule has 5 heteroatoms. The average molecular weight is 332 g/mol. The third-order valence-electron chi connectivity index (χ3n) is 3.36. The van der Waals surface area contributed by atoms with E-state index in [4.69, 9.17) is 21.1 Å². The lowest BCUT2D eigenvalue weighted by Crippen LogP contribution is -2.08. The molecule has 2 aromatic rings. The SMILES string of the molecule is COc1ccc(/C=C/C(=O)Nc2cccc(Cl)c2C)cc1OC. The Hall–Kier alpha value is -2.46. The van der Waals surface area contributed by atoms with Gasteiger partial charge in [0.1, 0.15) is 0 Å². The number of amides is 1. The number of hydrogen-bond acceptors (Lipinski definition) is 3. The van der Waals surface area contributed by atoms with Crippen LogP contribution in [0.25, 0.3) is 6.08 Å². The highest BCUT2D eigenvalue weighted by molar-refractivity contribution is 6.31. The second kappa shape index (κ2) is 7.70. The van der Waals surface area contributed by atoms with Crippen molar-refractivity contribution in [2.75, 3.05) is 19.5 Å². The topological polar surface area (TPSA) is 47.6 Å². The number of rotatable bonds is 5. The van der Waals surface area contributed by atoms with Crippen molar-refractivity contribution in [2.24, 2.45) is 0 Å². The van der Waals surface area contributed by atoms with E-state index in [0.29, 0.717) is 22.2 Å². The van der Waals surface area contributed by atoms with E-state index in [1.165, 1.54) is 6.08 Å². The van der Waals surface area contributed by atoms with E-state index in [9.17, 15) is 4.79 Å². The van der Waals surface area contributed by atoms with Crippen LogP contribution in [0.3, 0.4) is 0 Å². The van der Waals surface area contributed by atoms with Crippen molar-refractivity contribution in [1.82, 2.24) is 0 Å². The van der Waals surface area contributed by atoms with Crippen LogP contribution in [0.5, 0.6) is 11.5 Å². The second-order valence-corrected chi connectivity index (χ2v) is 5.26. The Morgan fingerprint density at radius 2 is 1.87 bits per heavy atom. The molecule has 0 atom stereocenters. The molecule has 0 unspecified atom stereocenters. The maximum atomic E-state index is 12.0. The number of carbonyl (C=O) groups is 1. The molecule has 2 aromatic carbocycles. The highest BCUT2D eigenvalue weighted by Crippen LogP contribution is 2.28. The largest absolute Gasteiger partial charge is 0.493 e. The molecule has 0 aliphatic rings. The van der Waals surface area contributed by atoms with Gasteiger partial charge in [0.2, 0.25) is 5.91 Å². The molecule has 0 aromatic heterocycles. The number of carbonyl (C=O) groups excluding carboxylic acids is 1. The van der Waals surface area contributed by atoms with Gasteiger partial charge in [-0.2, -0.15) is 0 Å². The molecule has 0 bridgehead atoms. The van der Waals surface area contributed by atoms with Gasteiger partial charge in [-0.15, -0.1) is 0 Å². The van der Waals surface area contributed by atoms with Gasteiger partial charge in [0, 0.05) is 16.8 Å². The molecule has 0 fully saturated rings. The lowest BCUT2D eigenvalue weighted by atomic mass is 10.1. The van der Waals surface area contributed by atoms with Crippen molar-refractivity contribution in [3.8, 4) is 11.5 Å². The molecule has 0 saturated carbocycles. The maximum absolute atomic E-state index is 12.0. The zero-order valence-electron chi connectivity index (χ0n) is 13.2. The molecule has 0 heterocycles. The summed E-state index contributed by atoms with van der Waals surface area (Å²) in [7, 11) is 3.15. The quantitative estimate of drug-likeness (QED) is 0.830. The van der Waals surface area contributed by atoms with Gasteiger partial charge in [-0.05, 0) is 48.4 Å². The molecule has 120 valence electrons. The third kappa shape index (κ3) is 4.27. The van der Waals surface area contributed by atoms with Gasteiger partial charge in [-0.3, -0.25) is 4.79 Å². The average Bonchev–Trinajstić information content (AvgIpc) is 2.56. The number of nitrogens with one attached hydrogen (secondary N) is 1. The molecule has 2 rings (SSSR count). The van der Waals surface area contributed by atoms with Crippen molar-refractivity contribution in [3.63, 3.8) is 0 Å². The smallest absolute Gasteiger partial charge is 0.248 e. The second-order valence-electron chi connectivity index (χ2n) is 4.85. The van der Waals surface area contributed by atoms with Gasteiger partial charge in [0.15, 0.2) is 11.5 Å². The minimum absolute atomic E-state index is 0.231. The van der Waals surface area contributed by atoms with Gasteiger partial charge in [-0.25, -0.2) is 0 Å². The molecule has 0 aliphatic heterocycles. The number of benzene rings is 2. The standard InChI is InChI=1S/C18H18ClNO3/c1-12-14(19)5-4-6-15(12)20-18(21)10-8-13-7-9-16(22-2)17(11-13)23-3/h4-11H,1-3H3,(H,20,21)/b10-8+. The van der Waals surface area contributed by atoms with Gasteiger partial charge >= 0.3 is 0 Å². The summed E-state index contributed by atoms with van der Waals surface area (Å²) in [6, 6.07) is 10.8. The van der Waals surface area contributed by atoms with E-state index in [-0.39, 0.29) is 5.91 Å². The molecule has 1 amide bonds. The predicted octanol–water partition coefficient (Wildman–Crippen LogP) is 4.32. The minimum Gasteiger partial charge on any atom is -0.493 e. The fourth-order valence-electron chi connectivity index (χ4n) is 2.05. The van der Waals surface area contributed by atoms with Crippen LogP contribution < -0.4 is 14.8 Å². The van der Waals surface area contributed by atoms with Crippen molar-refractivity contribution in [2.45, 2.75) is 6.92 Å². The van der Waals surface area contributed by atoms with Crippen LogP contribution in [0.1, 0.15) is 11.1 Å². The predicted molar refractivity (Wildman–Crippen MR) is 93.4 cm³/mol. The number of ether oxygens (including phenoxy) is 2. The summed E-state index contributed by atoms with van der Waals surface area (Å²) in [6.07, 6.45) is 3.17.